The molecule has 0 amide bonds. The van der Waals surface area contributed by atoms with Crippen LogP contribution in [0.25, 0.3) is 0 Å². The van der Waals surface area contributed by atoms with Gasteiger partial charge < -0.3 is 69.7 Å². The number of hydrogen-bond donors (Lipinski definition) is 0. The summed E-state index contributed by atoms with van der Waals surface area (Å²) in [6.45, 7) is 2.90. The predicted octanol–water partition coefficient (Wildman–Crippen LogP) is 0.339. The van der Waals surface area contributed by atoms with Gasteiger partial charge in [-0.3, -0.25) is 22.8 Å². The van der Waals surface area contributed by atoms with Gasteiger partial charge in [-0.1, -0.05) is 20.8 Å². The van der Waals surface area contributed by atoms with E-state index in [2.05, 4.69) is 45.2 Å². The van der Waals surface area contributed by atoms with Crippen molar-refractivity contribution in [3.05, 3.63) is 0 Å². The number of phosphoric acid groups is 5. The Morgan fingerprint density at radius 1 is 0.405 bits per heavy atom. The largest absolute Gasteiger partial charge is 0.756 e. The maximum atomic E-state index is 11.6. The number of rotatable bonds is 23. The molecule has 0 radical (unpaired) electrons. The molecule has 254 valence electrons. The summed E-state index contributed by atoms with van der Waals surface area (Å²) < 4.78 is 102. The minimum absolute atomic E-state index is 0.174. The molecule has 5 atom stereocenters. The van der Waals surface area contributed by atoms with Gasteiger partial charge in [-0.15, -0.1) is 0 Å². The second-order valence-electron chi connectivity index (χ2n) is 9.94. The SMILES string of the molecule is CC(C)(C)COP(=O)([O-])OCCOP(=O)([O-])OCCOP(=O)([O-])OCCOP(=O)([O-])OCCOP(=O)([O-])OC(C)(C)C. The Morgan fingerprint density at radius 2 is 0.619 bits per heavy atom. The molecule has 5 unspecified atom stereocenters. The van der Waals surface area contributed by atoms with Crippen LogP contribution in [0, 0.1) is 5.41 Å². The Labute approximate surface area is 243 Å². The zero-order valence-corrected chi connectivity index (χ0v) is 28.2. The minimum Gasteiger partial charge on any atom is -0.756 e. The van der Waals surface area contributed by atoms with E-state index >= 15 is 0 Å². The zero-order valence-electron chi connectivity index (χ0n) is 23.8. The summed E-state index contributed by atoms with van der Waals surface area (Å²) in [5.74, 6) is 0. The highest BCUT2D eigenvalue weighted by atomic mass is 31.2. The molecule has 0 aromatic carbocycles. The molecule has 0 spiro atoms. The first-order chi connectivity index (χ1) is 18.7. The second kappa shape index (κ2) is 18.0. The molecule has 0 fully saturated rings. The molecule has 0 aliphatic rings. The van der Waals surface area contributed by atoms with Gasteiger partial charge in [0.25, 0.3) is 39.1 Å². The van der Waals surface area contributed by atoms with E-state index in [4.69, 9.17) is 0 Å². The fraction of sp³-hybridized carbons (Fsp3) is 1.00. The fourth-order valence-electron chi connectivity index (χ4n) is 1.98. The van der Waals surface area contributed by atoms with E-state index in [1.165, 1.54) is 20.8 Å². The van der Waals surface area contributed by atoms with Gasteiger partial charge in [0.1, 0.15) is 0 Å². The molecule has 20 nitrogen and oxygen atoms in total. The monoisotopic (exact) mass is 715 g/mol. The van der Waals surface area contributed by atoms with Gasteiger partial charge in [0.15, 0.2) is 0 Å². The average molecular weight is 715 g/mol. The molecule has 0 rings (SSSR count). The Bertz CT molecular complexity index is 1040. The lowest BCUT2D eigenvalue weighted by atomic mass is 9.99. The summed E-state index contributed by atoms with van der Waals surface area (Å²) in [5, 5.41) is 0. The van der Waals surface area contributed by atoms with Crippen LogP contribution in [-0.2, 0) is 68.1 Å². The molecule has 0 heterocycles. The first-order valence-corrected chi connectivity index (χ1v) is 19.1. The molecule has 42 heavy (non-hydrogen) atoms. The van der Waals surface area contributed by atoms with Crippen molar-refractivity contribution in [3.63, 3.8) is 0 Å². The molecule has 0 aliphatic heterocycles. The zero-order chi connectivity index (χ0) is 32.9. The van der Waals surface area contributed by atoms with Crippen molar-refractivity contribution in [3.8, 4) is 0 Å². The topological polar surface area (TPSA) is 293 Å². The minimum atomic E-state index is -5.06. The van der Waals surface area contributed by atoms with Crippen LogP contribution in [0.2, 0.25) is 0 Å². The van der Waals surface area contributed by atoms with E-state index in [0.717, 1.165) is 0 Å². The summed E-state index contributed by atoms with van der Waals surface area (Å²) in [5.41, 5.74) is -1.55. The third kappa shape index (κ3) is 25.8. The second-order valence-corrected chi connectivity index (χ2v) is 16.9. The van der Waals surface area contributed by atoms with Crippen LogP contribution >= 0.6 is 39.1 Å². The van der Waals surface area contributed by atoms with Gasteiger partial charge >= 0.3 is 0 Å². The van der Waals surface area contributed by atoms with Crippen LogP contribution in [0.15, 0.2) is 0 Å². The molecule has 25 heteroatoms. The average Bonchev–Trinajstić information content (AvgIpc) is 2.77. The van der Waals surface area contributed by atoms with E-state index in [1.807, 2.05) is 0 Å². The van der Waals surface area contributed by atoms with Crippen molar-refractivity contribution in [2.45, 2.75) is 47.1 Å². The van der Waals surface area contributed by atoms with Crippen LogP contribution in [-0.4, -0.2) is 65.1 Å². The van der Waals surface area contributed by atoms with Gasteiger partial charge in [0, 0.05) is 0 Å². The Hall–Kier alpha value is 0.550. The Kier molecular flexibility index (Phi) is 18.3. The van der Waals surface area contributed by atoms with Crippen LogP contribution in [0.1, 0.15) is 41.5 Å². The maximum absolute atomic E-state index is 11.6. The lowest BCUT2D eigenvalue weighted by molar-refractivity contribution is -0.239. The first kappa shape index (κ1) is 42.6. The predicted molar refractivity (Wildman–Crippen MR) is 132 cm³/mol. The van der Waals surface area contributed by atoms with Crippen molar-refractivity contribution in [1.82, 2.24) is 0 Å². The first-order valence-electron chi connectivity index (χ1n) is 11.8. The number of hydrogen-bond acceptors (Lipinski definition) is 20. The van der Waals surface area contributed by atoms with Crippen LogP contribution in [0.5, 0.6) is 0 Å². The van der Waals surface area contributed by atoms with Crippen molar-refractivity contribution < 1.29 is 92.5 Å². The third-order valence-corrected chi connectivity index (χ3v) is 8.58. The van der Waals surface area contributed by atoms with Crippen molar-refractivity contribution >= 4 is 39.1 Å². The fourth-order valence-corrected chi connectivity index (χ4v) is 5.93. The van der Waals surface area contributed by atoms with Gasteiger partial charge in [-0.05, 0) is 26.2 Å². The van der Waals surface area contributed by atoms with Crippen LogP contribution < -0.4 is 24.5 Å². The highest BCUT2D eigenvalue weighted by Gasteiger charge is 2.21. The third-order valence-electron chi connectivity index (χ3n) is 3.37. The molecule has 0 aromatic rings. The lowest BCUT2D eigenvalue weighted by Crippen LogP contribution is -2.23. The lowest BCUT2D eigenvalue weighted by Gasteiger charge is -2.30. The van der Waals surface area contributed by atoms with Crippen molar-refractivity contribution in [2.24, 2.45) is 5.41 Å². The molecule has 0 aliphatic carbocycles. The standard InChI is InChI=1S/C17H41O20P5/c1-16(2,3)15-36-41(24,25)34-12-11-32-39(20,21)30-8-7-28-38(18,19)29-9-10-31-40(22,23)33-13-14-35-42(26,27)37-17(4,5)6/h7-15H2,1-6H3,(H,18,19)(H,20,21)(H,22,23)(H,24,25)(H,26,27)/p-5. The van der Waals surface area contributed by atoms with Crippen LogP contribution in [0.3, 0.4) is 0 Å². The number of phosphoric ester groups is 5. The normalized spacial score (nSPS) is 20.2. The van der Waals surface area contributed by atoms with E-state index in [-0.39, 0.29) is 6.61 Å². The quantitative estimate of drug-likeness (QED) is 0.102. The van der Waals surface area contributed by atoms with Gasteiger partial charge in [0.2, 0.25) is 0 Å². The Balaban J connectivity index is 4.16. The van der Waals surface area contributed by atoms with Crippen molar-refractivity contribution in [1.29, 1.82) is 0 Å². The summed E-state index contributed by atoms with van der Waals surface area (Å²) in [6, 6.07) is 0. The molecule has 0 aromatic heterocycles. The van der Waals surface area contributed by atoms with E-state index in [1.54, 1.807) is 20.8 Å². The van der Waals surface area contributed by atoms with E-state index in [9.17, 15) is 47.3 Å². The molecule has 0 bridgehead atoms. The van der Waals surface area contributed by atoms with Gasteiger partial charge in [-0.2, -0.15) is 0 Å². The molecule has 0 saturated heterocycles. The highest BCUT2D eigenvalue weighted by molar-refractivity contribution is 7.47. The smallest absolute Gasteiger partial charge is 0.268 e. The summed E-state index contributed by atoms with van der Waals surface area (Å²) >= 11 is 0. The van der Waals surface area contributed by atoms with Gasteiger partial charge in [0.05, 0.1) is 65.1 Å². The molecule has 0 saturated carbocycles. The molecular formula is C17H36O20P5-5. The summed E-state index contributed by atoms with van der Waals surface area (Å²) in [7, 11) is -24.5. The van der Waals surface area contributed by atoms with Crippen LogP contribution in [0.4, 0.5) is 0 Å². The highest BCUT2D eigenvalue weighted by Crippen LogP contribution is 2.45. The molecule has 0 N–H and O–H groups in total. The van der Waals surface area contributed by atoms with Gasteiger partial charge in [-0.25, -0.2) is 0 Å². The Morgan fingerprint density at radius 3 is 0.833 bits per heavy atom. The molecular weight excluding hydrogens is 679 g/mol. The maximum Gasteiger partial charge on any atom is 0.268 e. The van der Waals surface area contributed by atoms with E-state index < -0.39 is 103 Å². The summed E-state index contributed by atoms with van der Waals surface area (Å²) in [6.07, 6.45) is 0. The van der Waals surface area contributed by atoms with E-state index in [0.29, 0.717) is 0 Å². The van der Waals surface area contributed by atoms with Crippen molar-refractivity contribution in [2.75, 3.05) is 59.5 Å². The summed E-state index contributed by atoms with van der Waals surface area (Å²) in [4.78, 5) is 58.0.